The third-order valence-corrected chi connectivity index (χ3v) is 2.42. The van der Waals surface area contributed by atoms with Crippen LogP contribution in [0.2, 0.25) is 0 Å². The molecule has 0 spiro atoms. The third-order valence-electron chi connectivity index (χ3n) is 2.42. The molecule has 0 aliphatic carbocycles. The number of ether oxygens (including phenoxy) is 1. The SMILES string of the molecule is CCCCc1ccc(COCC(C)=O)cc1. The van der Waals surface area contributed by atoms with Gasteiger partial charge in [0.1, 0.15) is 6.61 Å². The normalized spacial score (nSPS) is 10.4. The summed E-state index contributed by atoms with van der Waals surface area (Å²) in [4.78, 5) is 10.7. The number of Topliss-reactive ketones (excluding diaryl/α,β-unsaturated/α-hetero) is 1. The lowest BCUT2D eigenvalue weighted by Crippen LogP contribution is -2.03. The lowest BCUT2D eigenvalue weighted by molar-refractivity contribution is -0.121. The van der Waals surface area contributed by atoms with Gasteiger partial charge in [0.25, 0.3) is 0 Å². The first-order chi connectivity index (χ1) is 7.72. The van der Waals surface area contributed by atoms with E-state index in [9.17, 15) is 4.79 Å². The fourth-order valence-corrected chi connectivity index (χ4v) is 1.50. The molecule has 2 nitrogen and oxygen atoms in total. The van der Waals surface area contributed by atoms with E-state index >= 15 is 0 Å². The Balaban J connectivity index is 2.36. The zero-order valence-electron chi connectivity index (χ0n) is 10.2. The predicted octanol–water partition coefficient (Wildman–Crippen LogP) is 3.13. The molecule has 0 N–H and O–H groups in total. The van der Waals surface area contributed by atoms with E-state index in [0.717, 1.165) is 12.0 Å². The van der Waals surface area contributed by atoms with Crippen molar-refractivity contribution in [1.29, 1.82) is 0 Å². The van der Waals surface area contributed by atoms with Crippen LogP contribution in [0.5, 0.6) is 0 Å². The number of rotatable bonds is 7. The molecule has 0 aromatic heterocycles. The predicted molar refractivity (Wildman–Crippen MR) is 65.4 cm³/mol. The van der Waals surface area contributed by atoms with Crippen molar-refractivity contribution in [2.75, 3.05) is 6.61 Å². The highest BCUT2D eigenvalue weighted by Crippen LogP contribution is 2.08. The third kappa shape index (κ3) is 5.08. The van der Waals surface area contributed by atoms with Gasteiger partial charge in [0, 0.05) is 0 Å². The summed E-state index contributed by atoms with van der Waals surface area (Å²) in [5.41, 5.74) is 2.50. The summed E-state index contributed by atoms with van der Waals surface area (Å²) in [6.45, 7) is 4.46. The number of unbranched alkanes of at least 4 members (excludes halogenated alkanes) is 1. The van der Waals surface area contributed by atoms with Gasteiger partial charge < -0.3 is 4.74 Å². The summed E-state index contributed by atoms with van der Waals surface area (Å²) >= 11 is 0. The highest BCUT2D eigenvalue weighted by molar-refractivity contribution is 5.76. The average Bonchev–Trinajstić information content (AvgIpc) is 2.27. The Bertz CT molecular complexity index is 314. The van der Waals surface area contributed by atoms with Crippen molar-refractivity contribution >= 4 is 5.78 Å². The fourth-order valence-electron chi connectivity index (χ4n) is 1.50. The van der Waals surface area contributed by atoms with Crippen LogP contribution >= 0.6 is 0 Å². The second-order valence-corrected chi connectivity index (χ2v) is 4.11. The molecule has 88 valence electrons. The van der Waals surface area contributed by atoms with Crippen LogP contribution in [0, 0.1) is 0 Å². The summed E-state index contributed by atoms with van der Waals surface area (Å²) in [7, 11) is 0. The second kappa shape index (κ2) is 7.18. The van der Waals surface area contributed by atoms with E-state index in [-0.39, 0.29) is 12.4 Å². The van der Waals surface area contributed by atoms with Gasteiger partial charge >= 0.3 is 0 Å². The molecule has 0 bridgehead atoms. The van der Waals surface area contributed by atoms with Crippen molar-refractivity contribution < 1.29 is 9.53 Å². The van der Waals surface area contributed by atoms with Crippen molar-refractivity contribution in [2.24, 2.45) is 0 Å². The van der Waals surface area contributed by atoms with Crippen LogP contribution in [0.15, 0.2) is 24.3 Å². The van der Waals surface area contributed by atoms with Crippen molar-refractivity contribution in [3.8, 4) is 0 Å². The summed E-state index contributed by atoms with van der Waals surface area (Å²) in [5.74, 6) is 0.0690. The topological polar surface area (TPSA) is 26.3 Å². The number of ketones is 1. The van der Waals surface area contributed by atoms with Gasteiger partial charge in [-0.2, -0.15) is 0 Å². The Hall–Kier alpha value is -1.15. The first-order valence-electron chi connectivity index (χ1n) is 5.87. The fraction of sp³-hybridized carbons (Fsp3) is 0.500. The quantitative estimate of drug-likeness (QED) is 0.705. The van der Waals surface area contributed by atoms with Gasteiger partial charge in [0.2, 0.25) is 0 Å². The first-order valence-corrected chi connectivity index (χ1v) is 5.87. The molecular weight excluding hydrogens is 200 g/mol. The highest BCUT2D eigenvalue weighted by Gasteiger charge is 1.97. The van der Waals surface area contributed by atoms with Gasteiger partial charge in [-0.15, -0.1) is 0 Å². The van der Waals surface area contributed by atoms with E-state index in [1.807, 2.05) is 0 Å². The standard InChI is InChI=1S/C14H20O2/c1-3-4-5-13-6-8-14(9-7-13)11-16-10-12(2)15/h6-9H,3-5,10-11H2,1-2H3. The number of hydrogen-bond acceptors (Lipinski definition) is 2. The number of hydrogen-bond donors (Lipinski definition) is 0. The molecular formula is C14H20O2. The van der Waals surface area contributed by atoms with E-state index < -0.39 is 0 Å². The molecule has 16 heavy (non-hydrogen) atoms. The molecule has 0 unspecified atom stereocenters. The van der Waals surface area contributed by atoms with Gasteiger partial charge in [0.15, 0.2) is 5.78 Å². The van der Waals surface area contributed by atoms with Crippen molar-refractivity contribution in [2.45, 2.75) is 39.7 Å². The Morgan fingerprint density at radius 1 is 1.19 bits per heavy atom. The molecule has 2 heteroatoms. The van der Waals surface area contributed by atoms with E-state index in [4.69, 9.17) is 4.74 Å². The molecule has 1 aromatic carbocycles. The van der Waals surface area contributed by atoms with E-state index in [1.165, 1.54) is 25.3 Å². The number of benzene rings is 1. The lowest BCUT2D eigenvalue weighted by Gasteiger charge is -2.04. The maximum absolute atomic E-state index is 10.7. The van der Waals surface area contributed by atoms with Crippen LogP contribution in [-0.4, -0.2) is 12.4 Å². The lowest BCUT2D eigenvalue weighted by atomic mass is 10.1. The molecule has 0 fully saturated rings. The zero-order valence-corrected chi connectivity index (χ0v) is 10.2. The molecule has 1 aromatic rings. The van der Waals surface area contributed by atoms with Gasteiger partial charge in [0.05, 0.1) is 6.61 Å². The minimum Gasteiger partial charge on any atom is -0.369 e. The molecule has 0 radical (unpaired) electrons. The number of aryl methyl sites for hydroxylation is 1. The van der Waals surface area contributed by atoms with Crippen LogP contribution in [-0.2, 0) is 22.6 Å². The molecule has 0 aliphatic heterocycles. The Morgan fingerprint density at radius 2 is 1.81 bits per heavy atom. The van der Waals surface area contributed by atoms with Crippen LogP contribution in [0.4, 0.5) is 0 Å². The Morgan fingerprint density at radius 3 is 2.38 bits per heavy atom. The summed E-state index contributed by atoms with van der Waals surface area (Å²) < 4.78 is 5.25. The van der Waals surface area contributed by atoms with Crippen LogP contribution < -0.4 is 0 Å². The number of carbonyl (C=O) groups is 1. The van der Waals surface area contributed by atoms with E-state index in [2.05, 4.69) is 31.2 Å². The van der Waals surface area contributed by atoms with E-state index in [0.29, 0.717) is 6.61 Å². The second-order valence-electron chi connectivity index (χ2n) is 4.11. The van der Waals surface area contributed by atoms with E-state index in [1.54, 1.807) is 0 Å². The van der Waals surface area contributed by atoms with Gasteiger partial charge in [-0.3, -0.25) is 4.79 Å². The molecule has 0 saturated heterocycles. The average molecular weight is 220 g/mol. The Labute approximate surface area is 97.6 Å². The summed E-state index contributed by atoms with van der Waals surface area (Å²) in [5, 5.41) is 0. The minimum absolute atomic E-state index is 0.0690. The molecule has 0 aliphatic rings. The summed E-state index contributed by atoms with van der Waals surface area (Å²) in [6, 6.07) is 8.43. The monoisotopic (exact) mass is 220 g/mol. The first kappa shape index (κ1) is 12.9. The van der Waals surface area contributed by atoms with Crippen molar-refractivity contribution in [3.05, 3.63) is 35.4 Å². The summed E-state index contributed by atoms with van der Waals surface area (Å²) in [6.07, 6.45) is 3.61. The number of carbonyl (C=O) groups excluding carboxylic acids is 1. The maximum Gasteiger partial charge on any atom is 0.155 e. The zero-order chi connectivity index (χ0) is 11.8. The maximum atomic E-state index is 10.7. The largest absolute Gasteiger partial charge is 0.369 e. The van der Waals surface area contributed by atoms with Crippen molar-refractivity contribution in [1.82, 2.24) is 0 Å². The smallest absolute Gasteiger partial charge is 0.155 e. The molecule has 0 saturated carbocycles. The highest BCUT2D eigenvalue weighted by atomic mass is 16.5. The molecule has 1 rings (SSSR count). The van der Waals surface area contributed by atoms with Crippen LogP contribution in [0.25, 0.3) is 0 Å². The van der Waals surface area contributed by atoms with Gasteiger partial charge in [-0.1, -0.05) is 37.6 Å². The van der Waals surface area contributed by atoms with Gasteiger partial charge in [-0.05, 0) is 30.9 Å². The van der Waals surface area contributed by atoms with Crippen LogP contribution in [0.1, 0.15) is 37.8 Å². The van der Waals surface area contributed by atoms with Crippen LogP contribution in [0.3, 0.4) is 0 Å². The molecule has 0 atom stereocenters. The molecule has 0 heterocycles. The van der Waals surface area contributed by atoms with Crippen molar-refractivity contribution in [3.63, 3.8) is 0 Å². The van der Waals surface area contributed by atoms with Gasteiger partial charge in [-0.25, -0.2) is 0 Å². The minimum atomic E-state index is 0.0690. The molecule has 0 amide bonds. The Kier molecular flexibility index (Phi) is 5.79.